The number of nitrogens with zero attached hydrogens (tertiary/aromatic N) is 7. The first kappa shape index (κ1) is 28.3. The normalized spacial score (nSPS) is 15.3. The fourth-order valence-corrected chi connectivity index (χ4v) is 5.11. The minimum Gasteiger partial charge on any atom is -0.493 e. The van der Waals surface area contributed by atoms with Gasteiger partial charge in [0.25, 0.3) is 0 Å². The third-order valence-corrected chi connectivity index (χ3v) is 7.19. The van der Waals surface area contributed by atoms with E-state index in [0.717, 1.165) is 59.7 Å². The summed E-state index contributed by atoms with van der Waals surface area (Å²) in [6.45, 7) is 1.93. The predicted molar refractivity (Wildman–Crippen MR) is 167 cm³/mol. The lowest BCUT2D eigenvalue weighted by Crippen LogP contribution is -2.33. The second-order valence-corrected chi connectivity index (χ2v) is 10.6. The van der Waals surface area contributed by atoms with Crippen LogP contribution in [-0.2, 0) is 0 Å². The number of methoxy groups -OCH3 is 2. The van der Waals surface area contributed by atoms with Crippen molar-refractivity contribution in [1.29, 1.82) is 0 Å². The molecule has 9 heteroatoms. The number of rotatable bonds is 10. The van der Waals surface area contributed by atoms with Gasteiger partial charge in [0.2, 0.25) is 0 Å². The zero-order valence-electron chi connectivity index (χ0n) is 24.7. The Hall–Kier alpha value is -4.24. The molecule has 1 radical (unpaired) electrons. The third-order valence-electron chi connectivity index (χ3n) is 7.19. The standard InChI is InChI=1S/C32H38N7O2/c1-37(2)19-17-23-10-9-18-39(23)31-21-26(22-13-14-27(40-5)28(20-22)41-6)34-29(35-31)15-16-30-33-25-12-8-7-11-24(25)32(36-30)38(3)4/h7-8,10-16,20-21,23H,9,17-19H2,1-6H3/b16-15+. The van der Waals surface area contributed by atoms with Gasteiger partial charge >= 0.3 is 0 Å². The average molecular weight is 553 g/mol. The summed E-state index contributed by atoms with van der Waals surface area (Å²) in [5.41, 5.74) is 2.62. The molecule has 213 valence electrons. The van der Waals surface area contributed by atoms with Gasteiger partial charge in [-0.2, -0.15) is 0 Å². The Labute approximate surface area is 242 Å². The van der Waals surface area contributed by atoms with Crippen LogP contribution < -0.4 is 19.3 Å². The molecule has 1 fully saturated rings. The van der Waals surface area contributed by atoms with E-state index in [9.17, 15) is 0 Å². The van der Waals surface area contributed by atoms with E-state index in [2.05, 4.69) is 36.4 Å². The minimum absolute atomic E-state index is 0.314. The number of para-hydroxylation sites is 1. The molecule has 0 N–H and O–H groups in total. The Morgan fingerprint density at radius 1 is 0.878 bits per heavy atom. The quantitative estimate of drug-likeness (QED) is 0.268. The number of hydrogen-bond donors (Lipinski definition) is 0. The third kappa shape index (κ3) is 6.41. The largest absolute Gasteiger partial charge is 0.493 e. The van der Waals surface area contributed by atoms with Crippen LogP contribution in [0.15, 0.2) is 48.5 Å². The molecule has 3 heterocycles. The number of benzene rings is 2. The first-order valence-corrected chi connectivity index (χ1v) is 13.8. The Morgan fingerprint density at radius 3 is 2.37 bits per heavy atom. The maximum atomic E-state index is 5.58. The summed E-state index contributed by atoms with van der Waals surface area (Å²) in [5.74, 6) is 4.29. The SMILES string of the molecule is COc1ccc(-c2cc(N3CC[CH]C3CCN(C)C)nc(/C=C/c3nc(N(C)C)c4ccccc4n3)n2)cc1OC. The maximum absolute atomic E-state index is 5.58. The van der Waals surface area contributed by atoms with Crippen molar-refractivity contribution in [2.45, 2.75) is 18.9 Å². The number of ether oxygens (including phenoxy) is 2. The highest BCUT2D eigenvalue weighted by Crippen LogP contribution is 2.34. The summed E-state index contributed by atoms with van der Waals surface area (Å²) in [7, 11) is 11.5. The van der Waals surface area contributed by atoms with E-state index < -0.39 is 0 Å². The van der Waals surface area contributed by atoms with Crippen molar-refractivity contribution in [3.8, 4) is 22.8 Å². The zero-order valence-corrected chi connectivity index (χ0v) is 24.7. The molecule has 41 heavy (non-hydrogen) atoms. The number of fused-ring (bicyclic) bond motifs is 1. The van der Waals surface area contributed by atoms with E-state index >= 15 is 0 Å². The van der Waals surface area contributed by atoms with Gasteiger partial charge in [-0.3, -0.25) is 0 Å². The highest BCUT2D eigenvalue weighted by molar-refractivity contribution is 5.90. The maximum Gasteiger partial charge on any atom is 0.161 e. The van der Waals surface area contributed by atoms with Crippen molar-refractivity contribution in [3.05, 3.63) is 66.6 Å². The van der Waals surface area contributed by atoms with Gasteiger partial charge in [0.1, 0.15) is 11.6 Å². The summed E-state index contributed by atoms with van der Waals surface area (Å²) in [6, 6.07) is 16.3. The fourth-order valence-electron chi connectivity index (χ4n) is 5.11. The van der Waals surface area contributed by atoms with Gasteiger partial charge in [-0.15, -0.1) is 0 Å². The first-order valence-electron chi connectivity index (χ1n) is 13.8. The van der Waals surface area contributed by atoms with Crippen LogP contribution in [0.2, 0.25) is 0 Å². The van der Waals surface area contributed by atoms with Gasteiger partial charge < -0.3 is 24.2 Å². The number of hydrogen-bond acceptors (Lipinski definition) is 9. The van der Waals surface area contributed by atoms with E-state index in [0.29, 0.717) is 29.2 Å². The Morgan fingerprint density at radius 2 is 1.63 bits per heavy atom. The highest BCUT2D eigenvalue weighted by atomic mass is 16.5. The topological polar surface area (TPSA) is 79.7 Å². The molecule has 1 aliphatic heterocycles. The van der Waals surface area contributed by atoms with Gasteiger partial charge in [-0.05, 0) is 82.4 Å². The lowest BCUT2D eigenvalue weighted by molar-refractivity contribution is 0.355. The van der Waals surface area contributed by atoms with E-state index in [-0.39, 0.29) is 0 Å². The van der Waals surface area contributed by atoms with Gasteiger partial charge in [-0.1, -0.05) is 12.1 Å². The molecule has 5 rings (SSSR count). The first-order chi connectivity index (χ1) is 19.9. The second-order valence-electron chi connectivity index (χ2n) is 10.6. The molecule has 4 aromatic rings. The fraction of sp³-hybridized carbons (Fsp3) is 0.344. The van der Waals surface area contributed by atoms with Crippen molar-refractivity contribution >= 4 is 34.7 Å². The van der Waals surface area contributed by atoms with Crippen LogP contribution in [0.5, 0.6) is 11.5 Å². The van der Waals surface area contributed by atoms with Gasteiger partial charge in [0.15, 0.2) is 23.1 Å². The monoisotopic (exact) mass is 552 g/mol. The molecule has 1 aliphatic rings. The van der Waals surface area contributed by atoms with Crippen LogP contribution >= 0.6 is 0 Å². The second kappa shape index (κ2) is 12.5. The summed E-state index contributed by atoms with van der Waals surface area (Å²) in [4.78, 5) is 26.1. The molecule has 2 aromatic heterocycles. The Balaban J connectivity index is 1.56. The summed E-state index contributed by atoms with van der Waals surface area (Å²) < 4.78 is 11.0. The molecule has 0 bridgehead atoms. The molecule has 1 atom stereocenters. The van der Waals surface area contributed by atoms with Crippen molar-refractivity contribution in [3.63, 3.8) is 0 Å². The van der Waals surface area contributed by atoms with Gasteiger partial charge in [0, 0.05) is 43.7 Å². The smallest absolute Gasteiger partial charge is 0.161 e. The molecule has 0 saturated carbocycles. The number of aromatic nitrogens is 4. The highest BCUT2D eigenvalue weighted by Gasteiger charge is 2.27. The molecule has 1 unspecified atom stereocenters. The Kier molecular flexibility index (Phi) is 8.64. The van der Waals surface area contributed by atoms with Crippen molar-refractivity contribution < 1.29 is 9.47 Å². The molecule has 0 spiro atoms. The van der Waals surface area contributed by atoms with Crippen molar-refractivity contribution in [1.82, 2.24) is 24.8 Å². The molecule has 1 saturated heterocycles. The van der Waals surface area contributed by atoms with Crippen molar-refractivity contribution in [2.24, 2.45) is 0 Å². The molecule has 2 aromatic carbocycles. The zero-order chi connectivity index (χ0) is 28.9. The van der Waals surface area contributed by atoms with E-state index in [4.69, 9.17) is 29.4 Å². The molecule has 9 nitrogen and oxygen atoms in total. The van der Waals surface area contributed by atoms with E-state index in [1.807, 2.05) is 73.6 Å². The van der Waals surface area contributed by atoms with E-state index in [1.165, 1.54) is 0 Å². The molecular formula is C32H38N7O2. The van der Waals surface area contributed by atoms with Crippen LogP contribution in [-0.4, -0.2) is 86.4 Å². The van der Waals surface area contributed by atoms with Crippen molar-refractivity contribution in [2.75, 3.05) is 65.3 Å². The minimum atomic E-state index is 0.314. The molecular weight excluding hydrogens is 514 g/mol. The van der Waals surface area contributed by atoms with Gasteiger partial charge in [0.05, 0.1) is 25.4 Å². The number of anilines is 2. The van der Waals surface area contributed by atoms with Crippen LogP contribution in [0.4, 0.5) is 11.6 Å². The Bertz CT molecular complexity index is 1540. The van der Waals surface area contributed by atoms with Crippen LogP contribution in [0.1, 0.15) is 24.5 Å². The average Bonchev–Trinajstić information content (AvgIpc) is 3.46. The predicted octanol–water partition coefficient (Wildman–Crippen LogP) is 5.08. The molecule has 0 amide bonds. The van der Waals surface area contributed by atoms with Crippen LogP contribution in [0, 0.1) is 6.42 Å². The summed E-state index contributed by atoms with van der Waals surface area (Å²) in [6.07, 6.45) is 8.23. The lowest BCUT2D eigenvalue weighted by Gasteiger charge is -2.27. The lowest BCUT2D eigenvalue weighted by atomic mass is 10.1. The summed E-state index contributed by atoms with van der Waals surface area (Å²) >= 11 is 0. The van der Waals surface area contributed by atoms with E-state index in [1.54, 1.807) is 14.2 Å². The summed E-state index contributed by atoms with van der Waals surface area (Å²) in [5, 5.41) is 1.01. The van der Waals surface area contributed by atoms with Crippen LogP contribution in [0.25, 0.3) is 34.3 Å². The van der Waals surface area contributed by atoms with Crippen LogP contribution in [0.3, 0.4) is 0 Å². The van der Waals surface area contributed by atoms with Gasteiger partial charge in [-0.25, -0.2) is 19.9 Å². The molecule has 0 aliphatic carbocycles.